The third-order valence-electron chi connectivity index (χ3n) is 5.03. The smallest absolute Gasteiger partial charge is 0.191 e. The highest BCUT2D eigenvalue weighted by Gasteiger charge is 2.09. The number of aryl methyl sites for hydroxylation is 2. The fraction of sp³-hybridized carbons (Fsp3) is 0.545. The van der Waals surface area contributed by atoms with Crippen LogP contribution in [0.5, 0.6) is 0 Å². The molecule has 1 heterocycles. The number of nitrogens with one attached hydrogen (secondary N) is 2. The molecule has 0 spiro atoms. The van der Waals surface area contributed by atoms with Gasteiger partial charge in [0.05, 0.1) is 5.69 Å². The lowest BCUT2D eigenvalue weighted by molar-refractivity contribution is 0.728. The fourth-order valence-electron chi connectivity index (χ4n) is 3.39. The second-order valence-electron chi connectivity index (χ2n) is 6.98. The molecule has 1 aromatic carbocycles. The second-order valence-corrected chi connectivity index (χ2v) is 6.98. The molecule has 0 aliphatic heterocycles. The summed E-state index contributed by atoms with van der Waals surface area (Å²) in [6.45, 7) is 13.0. The number of hydrogen-bond donors (Lipinski definition) is 2. The molecule has 0 bridgehead atoms. The topological polar surface area (TPSA) is 57.5 Å². The molecule has 6 nitrogen and oxygen atoms in total. The molecule has 0 aliphatic rings. The average Bonchev–Trinajstić information content (AvgIpc) is 2.94. The van der Waals surface area contributed by atoms with E-state index in [4.69, 9.17) is 4.99 Å². The van der Waals surface area contributed by atoms with Crippen LogP contribution in [-0.2, 0) is 13.5 Å². The molecule has 154 valence electrons. The summed E-state index contributed by atoms with van der Waals surface area (Å²) in [6.07, 6.45) is 1.98. The number of aliphatic imine (C=N–C) groups is 1. The number of aromatic nitrogens is 2. The van der Waals surface area contributed by atoms with Crippen molar-refractivity contribution in [3.05, 3.63) is 47.3 Å². The summed E-state index contributed by atoms with van der Waals surface area (Å²) in [7, 11) is 2.00. The van der Waals surface area contributed by atoms with E-state index in [9.17, 15) is 0 Å². The van der Waals surface area contributed by atoms with Crippen molar-refractivity contribution in [2.45, 2.75) is 40.5 Å². The Morgan fingerprint density at radius 2 is 1.89 bits per heavy atom. The van der Waals surface area contributed by atoms with E-state index in [0.717, 1.165) is 57.2 Å². The number of para-hydroxylation sites is 1. The SMILES string of the molecule is CCNC(=NCCCN(CC)c1ccccc1)NCCc1c(C)nn(C)c1C. The van der Waals surface area contributed by atoms with E-state index in [1.54, 1.807) is 0 Å². The van der Waals surface area contributed by atoms with Gasteiger partial charge < -0.3 is 15.5 Å². The lowest BCUT2D eigenvalue weighted by Crippen LogP contribution is -2.38. The molecule has 1 aromatic heterocycles. The highest BCUT2D eigenvalue weighted by molar-refractivity contribution is 5.79. The summed E-state index contributed by atoms with van der Waals surface area (Å²) in [5.74, 6) is 0.893. The average molecular weight is 385 g/mol. The van der Waals surface area contributed by atoms with Crippen LogP contribution in [0.2, 0.25) is 0 Å². The van der Waals surface area contributed by atoms with E-state index in [2.05, 4.69) is 78.7 Å². The minimum atomic E-state index is 0.809. The molecule has 0 atom stereocenters. The molecule has 0 saturated carbocycles. The van der Waals surface area contributed by atoms with Gasteiger partial charge in [0.25, 0.3) is 0 Å². The van der Waals surface area contributed by atoms with Crippen LogP contribution in [0.15, 0.2) is 35.3 Å². The Hall–Kier alpha value is -2.50. The Labute approximate surface area is 170 Å². The molecule has 2 aromatic rings. The number of benzene rings is 1. The highest BCUT2D eigenvalue weighted by Crippen LogP contribution is 2.13. The van der Waals surface area contributed by atoms with Gasteiger partial charge in [0.1, 0.15) is 0 Å². The maximum Gasteiger partial charge on any atom is 0.191 e. The first-order valence-corrected chi connectivity index (χ1v) is 10.4. The Kier molecular flexibility index (Phi) is 8.85. The lowest BCUT2D eigenvalue weighted by atomic mass is 10.1. The van der Waals surface area contributed by atoms with Crippen molar-refractivity contribution in [3.8, 4) is 0 Å². The molecular weight excluding hydrogens is 348 g/mol. The first-order chi connectivity index (χ1) is 13.6. The molecule has 2 N–H and O–H groups in total. The van der Waals surface area contributed by atoms with Crippen molar-refractivity contribution in [1.29, 1.82) is 0 Å². The van der Waals surface area contributed by atoms with Gasteiger partial charge in [0, 0.05) is 51.2 Å². The number of rotatable bonds is 10. The molecular formula is C22H36N6. The highest BCUT2D eigenvalue weighted by atomic mass is 15.3. The number of nitrogens with zero attached hydrogens (tertiary/aromatic N) is 4. The maximum absolute atomic E-state index is 4.74. The van der Waals surface area contributed by atoms with Crippen LogP contribution >= 0.6 is 0 Å². The predicted molar refractivity (Wildman–Crippen MR) is 119 cm³/mol. The zero-order valence-electron chi connectivity index (χ0n) is 18.1. The van der Waals surface area contributed by atoms with E-state index >= 15 is 0 Å². The van der Waals surface area contributed by atoms with Crippen molar-refractivity contribution < 1.29 is 0 Å². The van der Waals surface area contributed by atoms with Crippen LogP contribution in [-0.4, -0.2) is 48.5 Å². The number of anilines is 1. The van der Waals surface area contributed by atoms with Gasteiger partial charge in [-0.2, -0.15) is 5.10 Å². The van der Waals surface area contributed by atoms with Crippen molar-refractivity contribution in [2.75, 3.05) is 37.6 Å². The molecule has 0 amide bonds. The van der Waals surface area contributed by atoms with E-state index in [-0.39, 0.29) is 0 Å². The molecule has 0 aliphatic carbocycles. The Bertz CT molecular complexity index is 735. The summed E-state index contributed by atoms with van der Waals surface area (Å²) in [4.78, 5) is 7.13. The molecule has 0 saturated heterocycles. The van der Waals surface area contributed by atoms with Gasteiger partial charge >= 0.3 is 0 Å². The van der Waals surface area contributed by atoms with Gasteiger partial charge in [-0.3, -0.25) is 9.67 Å². The van der Waals surface area contributed by atoms with Gasteiger partial charge in [0.15, 0.2) is 5.96 Å². The monoisotopic (exact) mass is 384 g/mol. The third-order valence-corrected chi connectivity index (χ3v) is 5.03. The normalized spacial score (nSPS) is 11.5. The van der Waals surface area contributed by atoms with Crippen LogP contribution in [0, 0.1) is 13.8 Å². The molecule has 28 heavy (non-hydrogen) atoms. The summed E-state index contributed by atoms with van der Waals surface area (Å²) in [5.41, 5.74) is 4.96. The van der Waals surface area contributed by atoms with Crippen LogP contribution < -0.4 is 15.5 Å². The van der Waals surface area contributed by atoms with Crippen molar-refractivity contribution in [2.24, 2.45) is 12.0 Å². The summed E-state index contributed by atoms with van der Waals surface area (Å²) in [5, 5.41) is 11.3. The quantitative estimate of drug-likeness (QED) is 0.376. The van der Waals surface area contributed by atoms with Gasteiger partial charge in [-0.25, -0.2) is 0 Å². The van der Waals surface area contributed by atoms with E-state index < -0.39 is 0 Å². The van der Waals surface area contributed by atoms with Crippen molar-refractivity contribution in [3.63, 3.8) is 0 Å². The summed E-state index contributed by atoms with van der Waals surface area (Å²) >= 11 is 0. The fourth-order valence-corrected chi connectivity index (χ4v) is 3.39. The van der Waals surface area contributed by atoms with Gasteiger partial charge in [-0.05, 0) is 58.2 Å². The molecule has 0 radical (unpaired) electrons. The molecule has 0 unspecified atom stereocenters. The van der Waals surface area contributed by atoms with Crippen LogP contribution in [0.3, 0.4) is 0 Å². The van der Waals surface area contributed by atoms with E-state index in [1.165, 1.54) is 16.9 Å². The van der Waals surface area contributed by atoms with Crippen LogP contribution in [0.4, 0.5) is 5.69 Å². The Morgan fingerprint density at radius 3 is 2.50 bits per heavy atom. The first kappa shape index (κ1) is 21.8. The van der Waals surface area contributed by atoms with Crippen molar-refractivity contribution >= 4 is 11.6 Å². The first-order valence-electron chi connectivity index (χ1n) is 10.4. The zero-order chi connectivity index (χ0) is 20.4. The molecule has 6 heteroatoms. The standard InChI is InChI=1S/C22H36N6/c1-6-23-22(25-16-14-21-18(3)26-27(5)19(21)4)24-15-11-17-28(7-2)20-12-9-8-10-13-20/h8-10,12-13H,6-7,11,14-17H2,1-5H3,(H2,23,24,25). The van der Waals surface area contributed by atoms with E-state index in [0.29, 0.717) is 0 Å². The number of guanidine groups is 1. The molecule has 2 rings (SSSR count). The van der Waals surface area contributed by atoms with Crippen molar-refractivity contribution in [1.82, 2.24) is 20.4 Å². The van der Waals surface area contributed by atoms with Crippen LogP contribution in [0.25, 0.3) is 0 Å². The Morgan fingerprint density at radius 1 is 1.14 bits per heavy atom. The minimum absolute atomic E-state index is 0.809. The van der Waals surface area contributed by atoms with Crippen LogP contribution in [0.1, 0.15) is 37.2 Å². The molecule has 0 fully saturated rings. The minimum Gasteiger partial charge on any atom is -0.372 e. The van der Waals surface area contributed by atoms with Gasteiger partial charge in [-0.15, -0.1) is 0 Å². The largest absolute Gasteiger partial charge is 0.372 e. The third kappa shape index (κ3) is 6.29. The number of hydrogen-bond acceptors (Lipinski definition) is 3. The van der Waals surface area contributed by atoms with Gasteiger partial charge in [-0.1, -0.05) is 18.2 Å². The predicted octanol–water partition coefficient (Wildman–Crippen LogP) is 3.05. The second kappa shape index (κ2) is 11.4. The maximum atomic E-state index is 4.74. The summed E-state index contributed by atoms with van der Waals surface area (Å²) < 4.78 is 1.95. The Balaban J connectivity index is 1.81. The lowest BCUT2D eigenvalue weighted by Gasteiger charge is -2.22. The van der Waals surface area contributed by atoms with E-state index in [1.807, 2.05) is 11.7 Å². The summed E-state index contributed by atoms with van der Waals surface area (Å²) in [6, 6.07) is 10.6. The van der Waals surface area contributed by atoms with Gasteiger partial charge in [0.2, 0.25) is 0 Å². The zero-order valence-corrected chi connectivity index (χ0v) is 18.1.